The van der Waals surface area contributed by atoms with Crippen molar-refractivity contribution in [3.63, 3.8) is 0 Å². The van der Waals surface area contributed by atoms with Crippen LogP contribution in [0.4, 0.5) is 0 Å². The summed E-state index contributed by atoms with van der Waals surface area (Å²) in [4.78, 5) is 8.37. The molecule has 0 amide bonds. The molecule has 0 fully saturated rings. The Balaban J connectivity index is 1.55. The van der Waals surface area contributed by atoms with Gasteiger partial charge in [0.1, 0.15) is 16.8 Å². The predicted molar refractivity (Wildman–Crippen MR) is 107 cm³/mol. The summed E-state index contributed by atoms with van der Waals surface area (Å²) in [5.41, 5.74) is 2.89. The second-order valence-electron chi connectivity index (χ2n) is 6.37. The van der Waals surface area contributed by atoms with Crippen LogP contribution in [0.2, 0.25) is 0 Å². The Hall–Kier alpha value is -2.74. The Bertz CT molecular complexity index is 1050. The first-order chi connectivity index (χ1) is 13.1. The molecule has 4 aromatic rings. The van der Waals surface area contributed by atoms with Crippen LogP contribution in [0, 0.1) is 0 Å². The van der Waals surface area contributed by atoms with E-state index in [1.165, 1.54) is 11.3 Å². The standard InChI is InChI=1S/C20H20N4O2S/c1-24(12-13-4-3-5-16(8-13)26-2)20(25)18-9-14-6-7-17(23-19(14)27-18)15-10-21-22-11-15/h3-11,20,25H,12H2,1-2H3,(H,21,22). The number of nitrogens with zero attached hydrogens (tertiary/aromatic N) is 3. The molecule has 2 N–H and O–H groups in total. The van der Waals surface area contributed by atoms with Crippen LogP contribution >= 0.6 is 11.3 Å². The average molecular weight is 380 g/mol. The lowest BCUT2D eigenvalue weighted by Crippen LogP contribution is -2.23. The molecule has 1 atom stereocenters. The average Bonchev–Trinajstić information content (AvgIpc) is 3.36. The molecule has 1 aromatic carbocycles. The molecule has 1 unspecified atom stereocenters. The number of thiophene rings is 1. The van der Waals surface area contributed by atoms with Gasteiger partial charge in [0.25, 0.3) is 0 Å². The van der Waals surface area contributed by atoms with Crippen LogP contribution in [0.5, 0.6) is 5.75 Å². The lowest BCUT2D eigenvalue weighted by atomic mass is 10.2. The number of pyridine rings is 1. The number of hydrogen-bond donors (Lipinski definition) is 2. The van der Waals surface area contributed by atoms with Crippen LogP contribution < -0.4 is 4.74 Å². The Morgan fingerprint density at radius 2 is 2.15 bits per heavy atom. The highest BCUT2D eigenvalue weighted by Crippen LogP contribution is 2.32. The van der Waals surface area contributed by atoms with E-state index < -0.39 is 6.23 Å². The molecule has 3 heterocycles. The molecule has 0 spiro atoms. The number of aliphatic hydroxyl groups is 1. The molecule has 138 valence electrons. The molecule has 0 aliphatic carbocycles. The number of nitrogens with one attached hydrogen (secondary N) is 1. The number of benzene rings is 1. The topological polar surface area (TPSA) is 74.3 Å². The van der Waals surface area contributed by atoms with Crippen molar-refractivity contribution in [2.45, 2.75) is 12.8 Å². The first-order valence-corrected chi connectivity index (χ1v) is 9.36. The second-order valence-corrected chi connectivity index (χ2v) is 7.43. The highest BCUT2D eigenvalue weighted by atomic mass is 32.1. The van der Waals surface area contributed by atoms with Gasteiger partial charge in [-0.1, -0.05) is 12.1 Å². The minimum atomic E-state index is -0.701. The zero-order valence-electron chi connectivity index (χ0n) is 15.1. The predicted octanol–water partition coefficient (Wildman–Crippen LogP) is 3.82. The molecule has 7 heteroatoms. The Kier molecular flexibility index (Phi) is 4.89. The lowest BCUT2D eigenvalue weighted by Gasteiger charge is -2.22. The van der Waals surface area contributed by atoms with Crippen molar-refractivity contribution in [2.75, 3.05) is 14.2 Å². The van der Waals surface area contributed by atoms with Gasteiger partial charge in [0, 0.05) is 23.7 Å². The van der Waals surface area contributed by atoms with Gasteiger partial charge >= 0.3 is 0 Å². The van der Waals surface area contributed by atoms with E-state index in [9.17, 15) is 5.11 Å². The number of hydrogen-bond acceptors (Lipinski definition) is 6. The maximum atomic E-state index is 10.8. The fourth-order valence-corrected chi connectivity index (χ4v) is 4.06. The van der Waals surface area contributed by atoms with Gasteiger partial charge in [0.15, 0.2) is 0 Å². The maximum absolute atomic E-state index is 10.8. The molecule has 0 aliphatic heterocycles. The van der Waals surface area contributed by atoms with Gasteiger partial charge in [0.2, 0.25) is 0 Å². The monoisotopic (exact) mass is 380 g/mol. The van der Waals surface area contributed by atoms with Crippen molar-refractivity contribution in [3.05, 3.63) is 65.3 Å². The summed E-state index contributed by atoms with van der Waals surface area (Å²) in [7, 11) is 3.55. The third-order valence-corrected chi connectivity index (χ3v) is 5.52. The molecule has 0 aliphatic rings. The summed E-state index contributed by atoms with van der Waals surface area (Å²) in [5.74, 6) is 0.813. The van der Waals surface area contributed by atoms with Gasteiger partial charge in [-0.15, -0.1) is 11.3 Å². The van der Waals surface area contributed by atoms with Crippen molar-refractivity contribution in [3.8, 4) is 17.0 Å². The third kappa shape index (κ3) is 3.71. The second kappa shape index (κ2) is 7.48. The molecular weight excluding hydrogens is 360 g/mol. The number of aliphatic hydroxyl groups excluding tert-OH is 1. The molecule has 0 saturated carbocycles. The van der Waals surface area contributed by atoms with Crippen molar-refractivity contribution >= 4 is 21.6 Å². The first-order valence-electron chi connectivity index (χ1n) is 8.55. The molecule has 3 aromatic heterocycles. The molecule has 4 rings (SSSR count). The van der Waals surface area contributed by atoms with Gasteiger partial charge in [-0.05, 0) is 42.9 Å². The van der Waals surface area contributed by atoms with Gasteiger partial charge in [0.05, 0.1) is 23.9 Å². The smallest absolute Gasteiger partial charge is 0.142 e. The zero-order valence-corrected chi connectivity index (χ0v) is 15.9. The number of aromatic nitrogens is 3. The summed E-state index contributed by atoms with van der Waals surface area (Å²) >= 11 is 1.51. The normalized spacial score (nSPS) is 12.6. The molecule has 0 radical (unpaired) electrons. The van der Waals surface area contributed by atoms with Gasteiger partial charge < -0.3 is 9.84 Å². The minimum Gasteiger partial charge on any atom is -0.497 e. The van der Waals surface area contributed by atoms with Crippen LogP contribution in [0.25, 0.3) is 21.5 Å². The maximum Gasteiger partial charge on any atom is 0.142 e. The molecule has 27 heavy (non-hydrogen) atoms. The number of rotatable bonds is 6. The van der Waals surface area contributed by atoms with Crippen molar-refractivity contribution in [1.82, 2.24) is 20.1 Å². The molecular formula is C20H20N4O2S. The van der Waals surface area contributed by atoms with E-state index in [1.54, 1.807) is 13.3 Å². The summed E-state index contributed by atoms with van der Waals surface area (Å²) in [6.45, 7) is 0.611. The third-order valence-electron chi connectivity index (χ3n) is 4.43. The van der Waals surface area contributed by atoms with Crippen molar-refractivity contribution in [2.24, 2.45) is 0 Å². The van der Waals surface area contributed by atoms with E-state index in [0.717, 1.165) is 37.7 Å². The zero-order chi connectivity index (χ0) is 18.8. The van der Waals surface area contributed by atoms with Gasteiger partial charge in [-0.3, -0.25) is 10.00 Å². The number of methoxy groups -OCH3 is 1. The summed E-state index contributed by atoms with van der Waals surface area (Å²) in [5, 5.41) is 18.6. The van der Waals surface area contributed by atoms with Crippen LogP contribution in [0.1, 0.15) is 16.7 Å². The van der Waals surface area contributed by atoms with Crippen LogP contribution in [-0.2, 0) is 6.54 Å². The van der Waals surface area contributed by atoms with E-state index >= 15 is 0 Å². The van der Waals surface area contributed by atoms with Crippen molar-refractivity contribution in [1.29, 1.82) is 0 Å². The SMILES string of the molecule is COc1cccc(CN(C)C(O)c2cc3ccc(-c4cn[nH]c4)nc3s2)c1. The highest BCUT2D eigenvalue weighted by Gasteiger charge is 2.18. The number of aromatic amines is 1. The fraction of sp³-hybridized carbons (Fsp3) is 0.200. The fourth-order valence-electron chi connectivity index (χ4n) is 2.98. The van der Waals surface area contributed by atoms with E-state index in [1.807, 2.05) is 60.6 Å². The number of fused-ring (bicyclic) bond motifs is 1. The van der Waals surface area contributed by atoms with E-state index in [4.69, 9.17) is 9.72 Å². The highest BCUT2D eigenvalue weighted by molar-refractivity contribution is 7.18. The Labute approximate surface area is 161 Å². The molecule has 0 bridgehead atoms. The largest absolute Gasteiger partial charge is 0.497 e. The van der Waals surface area contributed by atoms with E-state index in [0.29, 0.717) is 6.54 Å². The Morgan fingerprint density at radius 3 is 2.93 bits per heavy atom. The molecule has 0 saturated heterocycles. The number of H-pyrrole nitrogens is 1. The Morgan fingerprint density at radius 1 is 1.26 bits per heavy atom. The summed E-state index contributed by atoms with van der Waals surface area (Å²) in [6.07, 6.45) is 2.87. The van der Waals surface area contributed by atoms with Crippen LogP contribution in [0.3, 0.4) is 0 Å². The van der Waals surface area contributed by atoms with Crippen LogP contribution in [0.15, 0.2) is 54.9 Å². The van der Waals surface area contributed by atoms with Gasteiger partial charge in [-0.25, -0.2) is 4.98 Å². The van der Waals surface area contributed by atoms with Crippen LogP contribution in [-0.4, -0.2) is 39.3 Å². The summed E-state index contributed by atoms with van der Waals surface area (Å²) < 4.78 is 5.27. The first kappa shape index (κ1) is 17.7. The molecule has 6 nitrogen and oxygen atoms in total. The summed E-state index contributed by atoms with van der Waals surface area (Å²) in [6, 6.07) is 13.9. The van der Waals surface area contributed by atoms with E-state index in [-0.39, 0.29) is 0 Å². The quantitative estimate of drug-likeness (QED) is 0.498. The number of ether oxygens (including phenoxy) is 1. The van der Waals surface area contributed by atoms with E-state index in [2.05, 4.69) is 10.2 Å². The minimum absolute atomic E-state index is 0.611. The lowest BCUT2D eigenvalue weighted by molar-refractivity contribution is 0.0181. The van der Waals surface area contributed by atoms with Gasteiger partial charge in [-0.2, -0.15) is 5.10 Å². The van der Waals surface area contributed by atoms with Crippen molar-refractivity contribution < 1.29 is 9.84 Å².